The number of halogens is 1. The van der Waals surface area contributed by atoms with Crippen LogP contribution in [0, 0.1) is 5.92 Å². The van der Waals surface area contributed by atoms with Gasteiger partial charge in [0.25, 0.3) is 5.91 Å². The number of imide groups is 1. The number of anilines is 2. The molecule has 2 amide bonds. The SMILES string of the molecule is O=C1[C@@H]2C(/C=C\c3ccccc3)=NN(c3ccccc3)[C@@H]2C(=O)N1c1ccc(Cl)cc1. The van der Waals surface area contributed by atoms with Crippen LogP contribution in [0.3, 0.4) is 0 Å². The number of hydrogen-bond donors (Lipinski definition) is 0. The standard InChI is InChI=1S/C25H18ClN3O2/c26-18-12-14-19(15-13-18)28-24(30)22-21(16-11-17-7-3-1-4-8-17)27-29(23(22)25(28)31)20-9-5-2-6-10-20/h1-16,22-23H/b16-11-/t22-,23+/m1/s1. The van der Waals surface area contributed by atoms with Crippen LogP contribution in [0.5, 0.6) is 0 Å². The van der Waals surface area contributed by atoms with E-state index in [1.165, 1.54) is 4.90 Å². The normalized spacial score (nSPS) is 20.5. The zero-order valence-corrected chi connectivity index (χ0v) is 17.2. The smallest absolute Gasteiger partial charge is 0.259 e. The summed E-state index contributed by atoms with van der Waals surface area (Å²) in [6.45, 7) is 0. The Labute approximate surface area is 184 Å². The van der Waals surface area contributed by atoms with Crippen molar-refractivity contribution in [3.63, 3.8) is 0 Å². The molecule has 0 aromatic heterocycles. The maximum atomic E-state index is 13.4. The van der Waals surface area contributed by atoms with E-state index in [1.54, 1.807) is 29.3 Å². The van der Waals surface area contributed by atoms with Gasteiger partial charge in [0.1, 0.15) is 12.0 Å². The number of carbonyl (C=O) groups excluding carboxylic acids is 2. The number of rotatable bonds is 4. The van der Waals surface area contributed by atoms with Crippen LogP contribution >= 0.6 is 11.6 Å². The lowest BCUT2D eigenvalue weighted by molar-refractivity contribution is -0.121. The second-order valence-electron chi connectivity index (χ2n) is 7.36. The van der Waals surface area contributed by atoms with E-state index in [-0.39, 0.29) is 11.8 Å². The predicted molar refractivity (Wildman–Crippen MR) is 123 cm³/mol. The van der Waals surface area contributed by atoms with Crippen molar-refractivity contribution >= 4 is 46.6 Å². The highest BCUT2D eigenvalue weighted by molar-refractivity contribution is 6.34. The summed E-state index contributed by atoms with van der Waals surface area (Å²) in [6.07, 6.45) is 3.74. The fraction of sp³-hybridized carbons (Fsp3) is 0.0800. The van der Waals surface area contributed by atoms with Gasteiger partial charge in [-0.3, -0.25) is 14.6 Å². The predicted octanol–water partition coefficient (Wildman–Crippen LogP) is 4.79. The molecule has 5 rings (SSSR count). The first-order valence-electron chi connectivity index (χ1n) is 9.93. The molecule has 0 bridgehead atoms. The fourth-order valence-corrected chi connectivity index (χ4v) is 4.09. The maximum Gasteiger partial charge on any atom is 0.259 e. The minimum atomic E-state index is -0.721. The molecular weight excluding hydrogens is 410 g/mol. The molecule has 0 radical (unpaired) electrons. The van der Waals surface area contributed by atoms with E-state index in [1.807, 2.05) is 72.8 Å². The number of allylic oxidation sites excluding steroid dienone is 1. The van der Waals surface area contributed by atoms with Gasteiger partial charge in [-0.25, -0.2) is 4.90 Å². The van der Waals surface area contributed by atoms with Crippen LogP contribution in [0.1, 0.15) is 5.56 Å². The Balaban J connectivity index is 1.56. The molecule has 2 aliphatic heterocycles. The Morgan fingerprint density at radius 3 is 2.06 bits per heavy atom. The summed E-state index contributed by atoms with van der Waals surface area (Å²) < 4.78 is 0. The summed E-state index contributed by atoms with van der Waals surface area (Å²) >= 11 is 5.99. The molecule has 0 unspecified atom stereocenters. The zero-order chi connectivity index (χ0) is 21.4. The minimum Gasteiger partial charge on any atom is -0.273 e. The zero-order valence-electron chi connectivity index (χ0n) is 16.4. The van der Waals surface area contributed by atoms with E-state index in [9.17, 15) is 9.59 Å². The third kappa shape index (κ3) is 3.43. The van der Waals surface area contributed by atoms with Gasteiger partial charge in [0.15, 0.2) is 0 Å². The maximum absolute atomic E-state index is 13.4. The van der Waals surface area contributed by atoms with Gasteiger partial charge >= 0.3 is 0 Å². The molecule has 3 aromatic carbocycles. The van der Waals surface area contributed by atoms with Crippen LogP contribution in [-0.2, 0) is 9.59 Å². The van der Waals surface area contributed by atoms with Crippen LogP contribution in [0.25, 0.3) is 6.08 Å². The summed E-state index contributed by atoms with van der Waals surface area (Å²) in [6, 6.07) is 25.2. The molecule has 5 nitrogen and oxygen atoms in total. The van der Waals surface area contributed by atoms with Crippen molar-refractivity contribution in [1.29, 1.82) is 0 Å². The van der Waals surface area contributed by atoms with Crippen molar-refractivity contribution < 1.29 is 9.59 Å². The Morgan fingerprint density at radius 1 is 0.742 bits per heavy atom. The van der Waals surface area contributed by atoms with Gasteiger partial charge < -0.3 is 0 Å². The van der Waals surface area contributed by atoms with Gasteiger partial charge in [0.05, 0.1) is 17.1 Å². The summed E-state index contributed by atoms with van der Waals surface area (Å²) in [5.41, 5.74) is 2.83. The number of fused-ring (bicyclic) bond motifs is 1. The molecule has 0 spiro atoms. The lowest BCUT2D eigenvalue weighted by Crippen LogP contribution is -2.39. The van der Waals surface area contributed by atoms with Gasteiger partial charge in [-0.2, -0.15) is 5.10 Å². The number of benzene rings is 3. The summed E-state index contributed by atoms with van der Waals surface area (Å²) in [7, 11) is 0. The Kier molecular flexibility index (Phi) is 4.88. The molecule has 152 valence electrons. The van der Waals surface area contributed by atoms with E-state index in [2.05, 4.69) is 5.10 Å². The van der Waals surface area contributed by atoms with Gasteiger partial charge in [0.2, 0.25) is 5.91 Å². The fourth-order valence-electron chi connectivity index (χ4n) is 3.97. The van der Waals surface area contributed by atoms with Crippen LogP contribution in [0.15, 0.2) is 96.1 Å². The first-order valence-corrected chi connectivity index (χ1v) is 10.3. The second kappa shape index (κ2) is 7.85. The molecule has 3 aromatic rings. The monoisotopic (exact) mass is 427 g/mol. The van der Waals surface area contributed by atoms with Crippen molar-refractivity contribution in [2.75, 3.05) is 9.91 Å². The van der Waals surface area contributed by atoms with E-state index in [4.69, 9.17) is 11.6 Å². The number of amides is 2. The quantitative estimate of drug-likeness (QED) is 0.562. The Morgan fingerprint density at radius 2 is 1.39 bits per heavy atom. The number of carbonyl (C=O) groups is 2. The van der Waals surface area contributed by atoms with Gasteiger partial charge in [-0.1, -0.05) is 66.2 Å². The van der Waals surface area contributed by atoms with Crippen molar-refractivity contribution in [2.45, 2.75) is 6.04 Å². The van der Waals surface area contributed by atoms with Crippen molar-refractivity contribution in [3.05, 3.63) is 102 Å². The van der Waals surface area contributed by atoms with Crippen LogP contribution in [0.4, 0.5) is 11.4 Å². The first kappa shape index (κ1) is 19.3. The van der Waals surface area contributed by atoms with Crippen molar-refractivity contribution in [1.82, 2.24) is 0 Å². The van der Waals surface area contributed by atoms with E-state index < -0.39 is 12.0 Å². The highest BCUT2D eigenvalue weighted by Crippen LogP contribution is 2.38. The Bertz CT molecular complexity index is 1190. The molecule has 6 heteroatoms. The molecule has 1 saturated heterocycles. The highest BCUT2D eigenvalue weighted by Gasteiger charge is 2.56. The molecule has 0 N–H and O–H groups in total. The van der Waals surface area contributed by atoms with Crippen molar-refractivity contribution in [3.8, 4) is 0 Å². The number of hydrazone groups is 1. The van der Waals surface area contributed by atoms with Gasteiger partial charge in [0, 0.05) is 5.02 Å². The average Bonchev–Trinajstić information content (AvgIpc) is 3.31. The summed E-state index contributed by atoms with van der Waals surface area (Å²) in [5.74, 6) is -1.26. The number of para-hydroxylation sites is 1. The average molecular weight is 428 g/mol. The van der Waals surface area contributed by atoms with E-state index >= 15 is 0 Å². The first-order chi connectivity index (χ1) is 15.1. The van der Waals surface area contributed by atoms with Crippen LogP contribution < -0.4 is 9.91 Å². The molecule has 0 aliphatic carbocycles. The highest BCUT2D eigenvalue weighted by atomic mass is 35.5. The number of nitrogens with zero attached hydrogens (tertiary/aromatic N) is 3. The van der Waals surface area contributed by atoms with E-state index in [0.29, 0.717) is 16.4 Å². The third-order valence-electron chi connectivity index (χ3n) is 5.43. The van der Waals surface area contributed by atoms with Gasteiger partial charge in [-0.15, -0.1) is 0 Å². The largest absolute Gasteiger partial charge is 0.273 e. The topological polar surface area (TPSA) is 53.0 Å². The molecular formula is C25H18ClN3O2. The Hall–Kier alpha value is -3.70. The molecule has 31 heavy (non-hydrogen) atoms. The van der Waals surface area contributed by atoms with Crippen LogP contribution in [-0.4, -0.2) is 23.6 Å². The number of hydrogen-bond acceptors (Lipinski definition) is 4. The summed E-state index contributed by atoms with van der Waals surface area (Å²) in [4.78, 5) is 28.1. The lowest BCUT2D eigenvalue weighted by atomic mass is 9.97. The van der Waals surface area contributed by atoms with Crippen LogP contribution in [0.2, 0.25) is 5.02 Å². The molecule has 0 saturated carbocycles. The molecule has 1 fully saturated rings. The molecule has 2 atom stereocenters. The minimum absolute atomic E-state index is 0.285. The van der Waals surface area contributed by atoms with Crippen molar-refractivity contribution in [2.24, 2.45) is 11.0 Å². The van der Waals surface area contributed by atoms with Gasteiger partial charge in [-0.05, 0) is 48.0 Å². The van der Waals surface area contributed by atoms with E-state index in [0.717, 1.165) is 11.3 Å². The molecule has 2 heterocycles. The summed E-state index contributed by atoms with van der Waals surface area (Å²) in [5, 5.41) is 6.88. The lowest BCUT2D eigenvalue weighted by Gasteiger charge is -2.22. The molecule has 2 aliphatic rings. The second-order valence-corrected chi connectivity index (χ2v) is 7.80. The third-order valence-corrected chi connectivity index (χ3v) is 5.68.